The fourth-order valence-corrected chi connectivity index (χ4v) is 3.18. The highest BCUT2D eigenvalue weighted by atomic mass is 127. The molecule has 2 aromatic rings. The van der Waals surface area contributed by atoms with E-state index in [1.807, 2.05) is 12.3 Å². The van der Waals surface area contributed by atoms with Gasteiger partial charge in [0, 0.05) is 10.8 Å². The number of rotatable bonds is 1. The van der Waals surface area contributed by atoms with Crippen molar-refractivity contribution in [3.05, 3.63) is 19.7 Å². The van der Waals surface area contributed by atoms with E-state index in [9.17, 15) is 0 Å². The first-order valence-corrected chi connectivity index (χ1v) is 7.51. The van der Waals surface area contributed by atoms with E-state index in [2.05, 4.69) is 58.3 Å². The lowest BCUT2D eigenvalue weighted by Crippen LogP contribution is -2.18. The molecule has 0 aliphatic carbocycles. The maximum Gasteiger partial charge on any atom is 0.181 e. The molecule has 2 rings (SSSR count). The van der Waals surface area contributed by atoms with Gasteiger partial charge in [0.05, 0.1) is 14.3 Å². The van der Waals surface area contributed by atoms with Crippen LogP contribution in [-0.4, -0.2) is 15.0 Å². The number of halogens is 1. The van der Waals surface area contributed by atoms with Crippen LogP contribution in [0, 0.1) is 10.5 Å². The number of hydrogen-bond donors (Lipinski definition) is 1. The average molecular weight is 374 g/mol. The number of nitrogens with two attached hydrogens (primary N) is 1. The summed E-state index contributed by atoms with van der Waals surface area (Å²) in [5.74, 6) is 1.14. The number of thiazole rings is 1. The molecular weight excluding hydrogens is 359 g/mol. The highest BCUT2D eigenvalue weighted by Gasteiger charge is 2.23. The van der Waals surface area contributed by atoms with Crippen LogP contribution < -0.4 is 5.73 Å². The molecule has 0 spiro atoms. The molecule has 2 heterocycles. The van der Waals surface area contributed by atoms with E-state index in [4.69, 9.17) is 5.73 Å². The maximum atomic E-state index is 5.98. The minimum atomic E-state index is -0.0621. The topological polar surface area (TPSA) is 64.7 Å². The summed E-state index contributed by atoms with van der Waals surface area (Å²) in [6, 6.07) is 0. The summed E-state index contributed by atoms with van der Waals surface area (Å²) in [6.07, 6.45) is 0. The van der Waals surface area contributed by atoms with Gasteiger partial charge in [-0.2, -0.15) is 0 Å². The Labute approximate surface area is 124 Å². The van der Waals surface area contributed by atoms with Crippen LogP contribution in [0.15, 0.2) is 5.38 Å². The quantitative estimate of drug-likeness (QED) is 0.778. The number of nitrogens with zero attached hydrogens (tertiary/aromatic N) is 3. The minimum Gasteiger partial charge on any atom is -0.383 e. The van der Waals surface area contributed by atoms with Gasteiger partial charge in [0.25, 0.3) is 0 Å². The minimum absolute atomic E-state index is 0.0621. The zero-order chi connectivity index (χ0) is 13.5. The van der Waals surface area contributed by atoms with Gasteiger partial charge >= 0.3 is 0 Å². The van der Waals surface area contributed by atoms with Crippen molar-refractivity contribution in [2.45, 2.75) is 33.1 Å². The van der Waals surface area contributed by atoms with Gasteiger partial charge in [-0.3, -0.25) is 0 Å². The molecule has 0 aliphatic rings. The molecule has 2 N–H and O–H groups in total. The van der Waals surface area contributed by atoms with Gasteiger partial charge in [0.1, 0.15) is 11.5 Å². The Morgan fingerprint density at radius 3 is 2.39 bits per heavy atom. The summed E-state index contributed by atoms with van der Waals surface area (Å²) in [4.78, 5) is 13.4. The van der Waals surface area contributed by atoms with Crippen LogP contribution in [-0.2, 0) is 5.41 Å². The van der Waals surface area contributed by atoms with Gasteiger partial charge in [0.2, 0.25) is 0 Å². The monoisotopic (exact) mass is 374 g/mol. The van der Waals surface area contributed by atoms with Gasteiger partial charge in [-0.25, -0.2) is 15.0 Å². The summed E-state index contributed by atoms with van der Waals surface area (Å²) in [5.41, 5.74) is 7.68. The van der Waals surface area contributed by atoms with Crippen molar-refractivity contribution in [1.29, 1.82) is 0 Å². The molecule has 0 aliphatic heterocycles. The third-order valence-electron chi connectivity index (χ3n) is 2.44. The van der Waals surface area contributed by atoms with Crippen molar-refractivity contribution in [3.63, 3.8) is 0 Å². The fraction of sp³-hybridized carbons (Fsp3) is 0.417. The van der Waals surface area contributed by atoms with Crippen molar-refractivity contribution in [3.8, 4) is 11.5 Å². The number of aromatic nitrogens is 3. The third kappa shape index (κ3) is 2.64. The van der Waals surface area contributed by atoms with Crippen LogP contribution in [0.25, 0.3) is 11.5 Å². The Morgan fingerprint density at radius 1 is 1.22 bits per heavy atom. The Balaban J connectivity index is 2.61. The van der Waals surface area contributed by atoms with Crippen LogP contribution in [0.4, 0.5) is 5.82 Å². The summed E-state index contributed by atoms with van der Waals surface area (Å²) in [5, 5.41) is 2.96. The van der Waals surface area contributed by atoms with E-state index in [1.165, 1.54) is 0 Å². The molecule has 0 atom stereocenters. The molecule has 6 heteroatoms. The molecule has 0 radical (unpaired) electrons. The molecular formula is C12H15IN4S. The molecule has 0 fully saturated rings. The van der Waals surface area contributed by atoms with E-state index >= 15 is 0 Å². The number of nitrogen functional groups attached to an aromatic ring is 1. The molecule has 2 aromatic heterocycles. The van der Waals surface area contributed by atoms with Gasteiger partial charge < -0.3 is 5.73 Å². The van der Waals surface area contributed by atoms with Gasteiger partial charge in [0.15, 0.2) is 5.82 Å². The molecule has 0 aromatic carbocycles. The molecule has 0 bridgehead atoms. The molecule has 0 saturated heterocycles. The SMILES string of the molecule is Cc1nc(-c2nc(N)c(I)c(C(C)(C)C)n2)cs1. The first-order chi connectivity index (χ1) is 8.29. The van der Waals surface area contributed by atoms with Gasteiger partial charge in [-0.1, -0.05) is 20.8 Å². The standard InChI is InChI=1S/C12H15IN4S/c1-6-15-7(5-18-6)11-16-9(12(2,3)4)8(13)10(14)17-11/h5H,1-4H3,(H2,14,16,17). The number of anilines is 1. The molecule has 0 amide bonds. The summed E-state index contributed by atoms with van der Waals surface area (Å²) < 4.78 is 0.927. The lowest BCUT2D eigenvalue weighted by Gasteiger charge is -2.20. The Kier molecular flexibility index (Phi) is 3.59. The predicted octanol–water partition coefficient (Wildman–Crippen LogP) is 3.39. The smallest absolute Gasteiger partial charge is 0.181 e. The Hall–Kier alpha value is -0.760. The van der Waals surface area contributed by atoms with Crippen molar-refractivity contribution in [1.82, 2.24) is 15.0 Å². The summed E-state index contributed by atoms with van der Waals surface area (Å²) >= 11 is 3.79. The lowest BCUT2D eigenvalue weighted by atomic mass is 9.92. The third-order valence-corrected chi connectivity index (χ3v) is 4.27. The van der Waals surface area contributed by atoms with Gasteiger partial charge in [-0.05, 0) is 29.5 Å². The second-order valence-electron chi connectivity index (χ2n) is 5.10. The average Bonchev–Trinajstić information content (AvgIpc) is 2.67. The van der Waals surface area contributed by atoms with E-state index in [0.29, 0.717) is 11.6 Å². The zero-order valence-electron chi connectivity index (χ0n) is 10.8. The van der Waals surface area contributed by atoms with Crippen LogP contribution >= 0.6 is 33.9 Å². The predicted molar refractivity (Wildman–Crippen MR) is 83.7 cm³/mol. The normalized spacial score (nSPS) is 11.8. The maximum absolute atomic E-state index is 5.98. The number of aryl methyl sites for hydroxylation is 1. The van der Waals surface area contributed by atoms with E-state index < -0.39 is 0 Å². The first kappa shape index (κ1) is 13.7. The van der Waals surface area contributed by atoms with Crippen LogP contribution in [0.1, 0.15) is 31.5 Å². The molecule has 18 heavy (non-hydrogen) atoms. The van der Waals surface area contributed by atoms with Crippen molar-refractivity contribution in [2.75, 3.05) is 5.73 Å². The van der Waals surface area contributed by atoms with Gasteiger partial charge in [-0.15, -0.1) is 11.3 Å². The van der Waals surface area contributed by atoms with Crippen molar-refractivity contribution in [2.24, 2.45) is 0 Å². The van der Waals surface area contributed by atoms with Crippen molar-refractivity contribution < 1.29 is 0 Å². The molecule has 4 nitrogen and oxygen atoms in total. The zero-order valence-corrected chi connectivity index (χ0v) is 13.8. The van der Waals surface area contributed by atoms with Crippen LogP contribution in [0.5, 0.6) is 0 Å². The van der Waals surface area contributed by atoms with Crippen molar-refractivity contribution >= 4 is 39.7 Å². The van der Waals surface area contributed by atoms with Crippen LogP contribution in [0.3, 0.4) is 0 Å². The number of hydrogen-bond acceptors (Lipinski definition) is 5. The second-order valence-corrected chi connectivity index (χ2v) is 7.24. The lowest BCUT2D eigenvalue weighted by molar-refractivity contribution is 0.564. The molecule has 0 saturated carbocycles. The van der Waals surface area contributed by atoms with E-state index in [1.54, 1.807) is 11.3 Å². The Morgan fingerprint density at radius 2 is 1.89 bits per heavy atom. The second kappa shape index (κ2) is 4.73. The fourth-order valence-electron chi connectivity index (χ4n) is 1.54. The largest absolute Gasteiger partial charge is 0.383 e. The highest BCUT2D eigenvalue weighted by molar-refractivity contribution is 14.1. The summed E-state index contributed by atoms with van der Waals surface area (Å²) in [6.45, 7) is 8.32. The molecule has 96 valence electrons. The van der Waals surface area contributed by atoms with E-state index in [0.717, 1.165) is 20.0 Å². The Bertz CT molecular complexity index is 586. The summed E-state index contributed by atoms with van der Waals surface area (Å²) in [7, 11) is 0. The molecule has 0 unspecified atom stereocenters. The first-order valence-electron chi connectivity index (χ1n) is 5.55. The van der Waals surface area contributed by atoms with Crippen LogP contribution in [0.2, 0.25) is 0 Å². The van der Waals surface area contributed by atoms with E-state index in [-0.39, 0.29) is 5.41 Å². The highest BCUT2D eigenvalue weighted by Crippen LogP contribution is 2.30.